The van der Waals surface area contributed by atoms with Crippen molar-refractivity contribution in [2.24, 2.45) is 5.92 Å². The van der Waals surface area contributed by atoms with Crippen molar-refractivity contribution in [1.82, 2.24) is 15.5 Å². The maximum absolute atomic E-state index is 11.9. The molecule has 2 aliphatic rings. The van der Waals surface area contributed by atoms with Gasteiger partial charge in [0.05, 0.1) is 19.1 Å². The predicted molar refractivity (Wildman–Crippen MR) is 85.0 cm³/mol. The van der Waals surface area contributed by atoms with Gasteiger partial charge in [-0.15, -0.1) is 24.8 Å². The van der Waals surface area contributed by atoms with E-state index in [1.165, 1.54) is 0 Å². The number of nitrogens with zero attached hydrogens (tertiary/aromatic N) is 1. The van der Waals surface area contributed by atoms with Crippen molar-refractivity contribution in [2.75, 3.05) is 52.5 Å². The maximum atomic E-state index is 11.9. The van der Waals surface area contributed by atoms with Crippen LogP contribution in [0.3, 0.4) is 0 Å². The van der Waals surface area contributed by atoms with Crippen LogP contribution in [0.15, 0.2) is 0 Å². The zero-order valence-corrected chi connectivity index (χ0v) is 13.6. The first-order valence-electron chi connectivity index (χ1n) is 7.15. The van der Waals surface area contributed by atoms with E-state index in [2.05, 4.69) is 15.5 Å². The highest BCUT2D eigenvalue weighted by Crippen LogP contribution is 2.09. The largest absolute Gasteiger partial charge is 0.379 e. The number of piperidine rings is 1. The van der Waals surface area contributed by atoms with Crippen LogP contribution in [0.5, 0.6) is 0 Å². The Balaban J connectivity index is 0.00000180. The molecule has 0 bridgehead atoms. The number of morpholine rings is 1. The van der Waals surface area contributed by atoms with Gasteiger partial charge in [0, 0.05) is 26.2 Å². The van der Waals surface area contributed by atoms with E-state index in [0.29, 0.717) is 0 Å². The van der Waals surface area contributed by atoms with Gasteiger partial charge < -0.3 is 15.4 Å². The van der Waals surface area contributed by atoms with E-state index in [9.17, 15) is 4.79 Å². The molecule has 2 rings (SSSR count). The molecule has 120 valence electrons. The van der Waals surface area contributed by atoms with E-state index in [0.717, 1.165) is 71.7 Å². The van der Waals surface area contributed by atoms with Gasteiger partial charge in [-0.2, -0.15) is 0 Å². The average molecular weight is 328 g/mol. The molecule has 2 N–H and O–H groups in total. The van der Waals surface area contributed by atoms with Crippen LogP contribution in [0, 0.1) is 5.92 Å². The highest BCUT2D eigenvalue weighted by Gasteiger charge is 2.20. The fourth-order valence-corrected chi connectivity index (χ4v) is 2.56. The van der Waals surface area contributed by atoms with Crippen LogP contribution < -0.4 is 10.6 Å². The van der Waals surface area contributed by atoms with Crippen molar-refractivity contribution in [1.29, 1.82) is 0 Å². The Labute approximate surface area is 134 Å². The van der Waals surface area contributed by atoms with Crippen molar-refractivity contribution >= 4 is 30.7 Å². The van der Waals surface area contributed by atoms with Gasteiger partial charge in [-0.3, -0.25) is 9.69 Å². The molecule has 1 amide bonds. The first kappa shape index (κ1) is 19.9. The first-order chi connectivity index (χ1) is 8.86. The number of hydrogen-bond donors (Lipinski definition) is 2. The number of carbonyl (C=O) groups is 1. The van der Waals surface area contributed by atoms with Crippen molar-refractivity contribution in [3.8, 4) is 0 Å². The predicted octanol–water partition coefficient (Wildman–Crippen LogP) is 0.668. The second-order valence-corrected chi connectivity index (χ2v) is 5.14. The average Bonchev–Trinajstić information content (AvgIpc) is 2.45. The molecule has 0 saturated carbocycles. The van der Waals surface area contributed by atoms with Gasteiger partial charge in [-0.1, -0.05) is 0 Å². The Bertz CT molecular complexity index is 258. The van der Waals surface area contributed by atoms with Crippen LogP contribution in [0.1, 0.15) is 19.3 Å². The zero-order chi connectivity index (χ0) is 12.6. The molecule has 7 heteroatoms. The summed E-state index contributed by atoms with van der Waals surface area (Å²) in [5.41, 5.74) is 0. The van der Waals surface area contributed by atoms with E-state index in [1.807, 2.05) is 0 Å². The summed E-state index contributed by atoms with van der Waals surface area (Å²) < 4.78 is 5.31. The SMILES string of the molecule is Cl.Cl.O=C(NCCCN1CCOCC1)C1CCCNC1. The fraction of sp³-hybridized carbons (Fsp3) is 0.923. The summed E-state index contributed by atoms with van der Waals surface area (Å²) in [5, 5.41) is 6.33. The summed E-state index contributed by atoms with van der Waals surface area (Å²) in [7, 11) is 0. The van der Waals surface area contributed by atoms with Crippen LogP contribution >= 0.6 is 24.8 Å². The van der Waals surface area contributed by atoms with Gasteiger partial charge in [-0.25, -0.2) is 0 Å². The Morgan fingerprint density at radius 3 is 2.70 bits per heavy atom. The maximum Gasteiger partial charge on any atom is 0.224 e. The van der Waals surface area contributed by atoms with Crippen LogP contribution in [0.4, 0.5) is 0 Å². The summed E-state index contributed by atoms with van der Waals surface area (Å²) in [6.07, 6.45) is 3.18. The molecule has 0 radical (unpaired) electrons. The number of amides is 1. The topological polar surface area (TPSA) is 53.6 Å². The smallest absolute Gasteiger partial charge is 0.224 e. The number of ether oxygens (including phenoxy) is 1. The Morgan fingerprint density at radius 1 is 1.30 bits per heavy atom. The Hall–Kier alpha value is -0.0700. The minimum Gasteiger partial charge on any atom is -0.379 e. The van der Waals surface area contributed by atoms with Crippen molar-refractivity contribution < 1.29 is 9.53 Å². The van der Waals surface area contributed by atoms with Gasteiger partial charge in [0.2, 0.25) is 5.91 Å². The lowest BCUT2D eigenvalue weighted by Gasteiger charge is -2.26. The third-order valence-electron chi connectivity index (χ3n) is 3.72. The van der Waals surface area contributed by atoms with Crippen LogP contribution in [0.25, 0.3) is 0 Å². The van der Waals surface area contributed by atoms with Gasteiger partial charge in [0.1, 0.15) is 0 Å². The van der Waals surface area contributed by atoms with Gasteiger partial charge in [0.25, 0.3) is 0 Å². The third kappa shape index (κ3) is 7.09. The molecule has 2 fully saturated rings. The van der Waals surface area contributed by atoms with Gasteiger partial charge >= 0.3 is 0 Å². The van der Waals surface area contributed by atoms with E-state index in [4.69, 9.17) is 4.74 Å². The number of halogens is 2. The number of carbonyl (C=O) groups excluding carboxylic acids is 1. The molecule has 1 unspecified atom stereocenters. The minimum absolute atomic E-state index is 0. The van der Waals surface area contributed by atoms with Gasteiger partial charge in [-0.05, 0) is 32.4 Å². The lowest BCUT2D eigenvalue weighted by molar-refractivity contribution is -0.125. The molecule has 5 nitrogen and oxygen atoms in total. The molecule has 20 heavy (non-hydrogen) atoms. The molecule has 1 atom stereocenters. The molecular weight excluding hydrogens is 301 g/mol. The standard InChI is InChI=1S/C13H25N3O2.2ClH/c17-13(12-3-1-4-14-11-12)15-5-2-6-16-7-9-18-10-8-16;;/h12,14H,1-11H2,(H,15,17);2*1H. The molecule has 0 aromatic heterocycles. The van der Waals surface area contributed by atoms with Crippen molar-refractivity contribution in [3.63, 3.8) is 0 Å². The lowest BCUT2D eigenvalue weighted by atomic mass is 9.99. The molecule has 0 aliphatic carbocycles. The van der Waals surface area contributed by atoms with Crippen LogP contribution in [0.2, 0.25) is 0 Å². The summed E-state index contributed by atoms with van der Waals surface area (Å²) in [6, 6.07) is 0. The highest BCUT2D eigenvalue weighted by atomic mass is 35.5. The quantitative estimate of drug-likeness (QED) is 0.729. The third-order valence-corrected chi connectivity index (χ3v) is 3.72. The van der Waals surface area contributed by atoms with Crippen molar-refractivity contribution in [3.05, 3.63) is 0 Å². The molecule has 2 aliphatic heterocycles. The second kappa shape index (κ2) is 11.6. The number of rotatable bonds is 5. The summed E-state index contributed by atoms with van der Waals surface area (Å²) >= 11 is 0. The van der Waals surface area contributed by atoms with E-state index in [1.54, 1.807) is 0 Å². The molecule has 0 aromatic rings. The lowest BCUT2D eigenvalue weighted by Crippen LogP contribution is -2.42. The molecule has 2 heterocycles. The van der Waals surface area contributed by atoms with E-state index < -0.39 is 0 Å². The minimum atomic E-state index is 0. The Morgan fingerprint density at radius 2 is 2.05 bits per heavy atom. The summed E-state index contributed by atoms with van der Waals surface area (Å²) in [5.74, 6) is 0.409. The zero-order valence-electron chi connectivity index (χ0n) is 11.9. The molecule has 0 spiro atoms. The normalized spacial score (nSPS) is 23.3. The molecular formula is C13H27Cl2N3O2. The highest BCUT2D eigenvalue weighted by molar-refractivity contribution is 5.85. The summed E-state index contributed by atoms with van der Waals surface area (Å²) in [4.78, 5) is 14.3. The van der Waals surface area contributed by atoms with Crippen LogP contribution in [-0.4, -0.2) is 63.3 Å². The second-order valence-electron chi connectivity index (χ2n) is 5.14. The molecule has 0 aromatic carbocycles. The molecule has 2 saturated heterocycles. The first-order valence-corrected chi connectivity index (χ1v) is 7.15. The van der Waals surface area contributed by atoms with Crippen molar-refractivity contribution in [2.45, 2.75) is 19.3 Å². The van der Waals surface area contributed by atoms with E-state index in [-0.39, 0.29) is 36.6 Å². The van der Waals surface area contributed by atoms with E-state index >= 15 is 0 Å². The number of nitrogens with one attached hydrogen (secondary N) is 2. The number of hydrogen-bond acceptors (Lipinski definition) is 4. The van der Waals surface area contributed by atoms with Crippen LogP contribution in [-0.2, 0) is 9.53 Å². The monoisotopic (exact) mass is 327 g/mol. The summed E-state index contributed by atoms with van der Waals surface area (Å²) in [6.45, 7) is 7.51. The van der Waals surface area contributed by atoms with Gasteiger partial charge in [0.15, 0.2) is 0 Å². The Kier molecular flexibility index (Phi) is 11.5. The fourth-order valence-electron chi connectivity index (χ4n) is 2.56.